The van der Waals surface area contributed by atoms with E-state index in [9.17, 15) is 13.2 Å². The molecule has 3 rings (SSSR count). The number of methoxy groups -OCH3 is 1. The number of nitrogens with zero attached hydrogens (tertiary/aromatic N) is 1. The first kappa shape index (κ1) is 14.4. The van der Waals surface area contributed by atoms with Gasteiger partial charge in [0.2, 0.25) is 0 Å². The van der Waals surface area contributed by atoms with Crippen LogP contribution in [0.2, 0.25) is 0 Å². The maximum atomic E-state index is 13.6. The zero-order chi connectivity index (χ0) is 15.7. The van der Waals surface area contributed by atoms with E-state index < -0.39 is 11.7 Å². The molecule has 3 aromatic rings. The highest BCUT2D eigenvalue weighted by molar-refractivity contribution is 5.91. The molecule has 0 fully saturated rings. The van der Waals surface area contributed by atoms with Crippen LogP contribution in [0.4, 0.5) is 13.2 Å². The molecule has 0 aliphatic heterocycles. The van der Waals surface area contributed by atoms with Crippen molar-refractivity contribution in [3.8, 4) is 17.0 Å². The first-order valence-corrected chi connectivity index (χ1v) is 6.60. The summed E-state index contributed by atoms with van der Waals surface area (Å²) in [5.74, 6) is 0.357. The number of aromatic nitrogens is 1. The average molecular weight is 303 g/mol. The predicted molar refractivity (Wildman–Crippen MR) is 78.7 cm³/mol. The fourth-order valence-corrected chi connectivity index (χ4v) is 2.49. The molecule has 22 heavy (non-hydrogen) atoms. The Morgan fingerprint density at radius 1 is 0.955 bits per heavy atom. The Morgan fingerprint density at radius 3 is 2.36 bits per heavy atom. The minimum atomic E-state index is -4.51. The summed E-state index contributed by atoms with van der Waals surface area (Å²) in [6.07, 6.45) is -3.06. The second kappa shape index (κ2) is 5.33. The van der Waals surface area contributed by atoms with Crippen molar-refractivity contribution in [2.75, 3.05) is 7.11 Å². The molecule has 0 aliphatic carbocycles. The highest BCUT2D eigenvalue weighted by Gasteiger charge is 2.37. The molecule has 0 saturated carbocycles. The van der Waals surface area contributed by atoms with Gasteiger partial charge in [-0.3, -0.25) is 4.98 Å². The summed E-state index contributed by atoms with van der Waals surface area (Å²) in [5.41, 5.74) is -0.540. The normalized spacial score (nSPS) is 11.6. The number of ether oxygens (including phenoxy) is 1. The minimum Gasteiger partial charge on any atom is -0.496 e. The predicted octanol–water partition coefficient (Wildman–Crippen LogP) is 4.93. The number of halogens is 3. The molecule has 0 radical (unpaired) electrons. The zero-order valence-electron chi connectivity index (χ0n) is 11.7. The topological polar surface area (TPSA) is 22.1 Å². The molecule has 2 aromatic carbocycles. The van der Waals surface area contributed by atoms with Gasteiger partial charge in [0.15, 0.2) is 0 Å². The highest BCUT2D eigenvalue weighted by Crippen LogP contribution is 2.42. The molecule has 0 bridgehead atoms. The fraction of sp³-hybridized carbons (Fsp3) is 0.118. The van der Waals surface area contributed by atoms with Gasteiger partial charge in [-0.15, -0.1) is 0 Å². The van der Waals surface area contributed by atoms with E-state index in [-0.39, 0.29) is 11.1 Å². The fourth-order valence-electron chi connectivity index (χ4n) is 2.49. The van der Waals surface area contributed by atoms with Gasteiger partial charge >= 0.3 is 6.18 Å². The van der Waals surface area contributed by atoms with Gasteiger partial charge in [-0.1, -0.05) is 36.4 Å². The minimum absolute atomic E-state index is 0.122. The van der Waals surface area contributed by atoms with E-state index in [4.69, 9.17) is 4.74 Å². The van der Waals surface area contributed by atoms with Crippen LogP contribution in [0.3, 0.4) is 0 Å². The van der Waals surface area contributed by atoms with Crippen LogP contribution in [0.1, 0.15) is 5.56 Å². The van der Waals surface area contributed by atoms with Crippen LogP contribution in [0.5, 0.6) is 5.75 Å². The SMILES string of the molecule is COc1ccccc1-c1ncc2ccccc2c1C(F)(F)F. The summed E-state index contributed by atoms with van der Waals surface area (Å²) in [7, 11) is 1.42. The molecule has 0 atom stereocenters. The van der Waals surface area contributed by atoms with Crippen molar-refractivity contribution in [3.63, 3.8) is 0 Å². The summed E-state index contributed by atoms with van der Waals surface area (Å²) in [4.78, 5) is 4.05. The molecule has 0 amide bonds. The standard InChI is InChI=1S/C17H12F3NO/c1-22-14-9-5-4-8-13(14)16-15(17(18,19)20)12-7-3-2-6-11(12)10-21-16/h2-10H,1H3. The summed E-state index contributed by atoms with van der Waals surface area (Å²) < 4.78 is 46.0. The van der Waals surface area contributed by atoms with Crippen molar-refractivity contribution in [3.05, 3.63) is 60.3 Å². The number of hydrogen-bond donors (Lipinski definition) is 0. The van der Waals surface area contributed by atoms with Crippen LogP contribution in [-0.4, -0.2) is 12.1 Å². The van der Waals surface area contributed by atoms with E-state index in [1.54, 1.807) is 42.5 Å². The third-order valence-electron chi connectivity index (χ3n) is 3.45. The lowest BCUT2D eigenvalue weighted by Gasteiger charge is -2.16. The molecule has 0 unspecified atom stereocenters. The van der Waals surface area contributed by atoms with Gasteiger partial charge in [-0.05, 0) is 17.5 Å². The Kier molecular flexibility index (Phi) is 3.48. The van der Waals surface area contributed by atoms with Crippen molar-refractivity contribution >= 4 is 10.8 Å². The van der Waals surface area contributed by atoms with Gasteiger partial charge in [0.25, 0.3) is 0 Å². The van der Waals surface area contributed by atoms with E-state index in [1.807, 2.05) is 0 Å². The number of hydrogen-bond acceptors (Lipinski definition) is 2. The molecule has 1 heterocycles. The van der Waals surface area contributed by atoms with Gasteiger partial charge in [-0.25, -0.2) is 0 Å². The number of rotatable bonds is 2. The molecular weight excluding hydrogens is 291 g/mol. The lowest BCUT2D eigenvalue weighted by Crippen LogP contribution is -2.10. The Morgan fingerprint density at radius 2 is 1.64 bits per heavy atom. The number of fused-ring (bicyclic) bond motifs is 1. The molecule has 0 saturated heterocycles. The summed E-state index contributed by atoms with van der Waals surface area (Å²) >= 11 is 0. The largest absolute Gasteiger partial charge is 0.496 e. The van der Waals surface area contributed by atoms with Gasteiger partial charge in [0.1, 0.15) is 5.75 Å². The monoisotopic (exact) mass is 303 g/mol. The summed E-state index contributed by atoms with van der Waals surface area (Å²) in [5, 5.41) is 0.583. The van der Waals surface area contributed by atoms with E-state index in [2.05, 4.69) is 4.98 Å². The number of para-hydroxylation sites is 1. The quantitative estimate of drug-likeness (QED) is 0.669. The first-order valence-electron chi connectivity index (χ1n) is 6.60. The third kappa shape index (κ3) is 2.39. The summed E-state index contributed by atoms with van der Waals surface area (Å²) in [6, 6.07) is 12.9. The van der Waals surface area contributed by atoms with E-state index in [1.165, 1.54) is 19.4 Å². The van der Waals surface area contributed by atoms with Gasteiger partial charge < -0.3 is 4.74 Å². The van der Waals surface area contributed by atoms with Crippen molar-refractivity contribution in [1.29, 1.82) is 0 Å². The lowest BCUT2D eigenvalue weighted by molar-refractivity contribution is -0.136. The van der Waals surface area contributed by atoms with E-state index >= 15 is 0 Å². The van der Waals surface area contributed by atoms with Crippen LogP contribution in [0, 0.1) is 0 Å². The van der Waals surface area contributed by atoms with Gasteiger partial charge in [-0.2, -0.15) is 13.2 Å². The zero-order valence-corrected chi connectivity index (χ0v) is 11.7. The molecule has 5 heteroatoms. The smallest absolute Gasteiger partial charge is 0.419 e. The van der Waals surface area contributed by atoms with Crippen molar-refractivity contribution < 1.29 is 17.9 Å². The third-order valence-corrected chi connectivity index (χ3v) is 3.45. The Hall–Kier alpha value is -2.56. The number of alkyl halides is 3. The van der Waals surface area contributed by atoms with Crippen LogP contribution >= 0.6 is 0 Å². The molecule has 0 aliphatic rings. The molecule has 0 spiro atoms. The van der Waals surface area contributed by atoms with Crippen molar-refractivity contribution in [1.82, 2.24) is 4.98 Å². The number of benzene rings is 2. The maximum absolute atomic E-state index is 13.6. The Labute approximate surface area is 125 Å². The van der Waals surface area contributed by atoms with Crippen molar-refractivity contribution in [2.24, 2.45) is 0 Å². The molecular formula is C17H12F3NO. The maximum Gasteiger partial charge on any atom is 0.419 e. The lowest BCUT2D eigenvalue weighted by atomic mass is 9.99. The highest BCUT2D eigenvalue weighted by atomic mass is 19.4. The van der Waals surface area contributed by atoms with Gasteiger partial charge in [0, 0.05) is 17.1 Å². The molecule has 112 valence electrons. The van der Waals surface area contributed by atoms with Crippen LogP contribution in [0.15, 0.2) is 54.7 Å². The average Bonchev–Trinajstić information content (AvgIpc) is 2.52. The van der Waals surface area contributed by atoms with Crippen LogP contribution in [-0.2, 0) is 6.18 Å². The first-order chi connectivity index (χ1) is 10.5. The van der Waals surface area contributed by atoms with E-state index in [0.717, 1.165) is 0 Å². The van der Waals surface area contributed by atoms with E-state index in [0.29, 0.717) is 16.7 Å². The van der Waals surface area contributed by atoms with Crippen molar-refractivity contribution in [2.45, 2.75) is 6.18 Å². The second-order valence-corrected chi connectivity index (χ2v) is 4.77. The number of pyridine rings is 1. The van der Waals surface area contributed by atoms with Crippen LogP contribution in [0.25, 0.3) is 22.0 Å². The molecule has 1 aromatic heterocycles. The second-order valence-electron chi connectivity index (χ2n) is 4.77. The Bertz CT molecular complexity index is 827. The molecule has 2 nitrogen and oxygen atoms in total. The molecule has 0 N–H and O–H groups in total. The summed E-state index contributed by atoms with van der Waals surface area (Å²) in [6.45, 7) is 0. The van der Waals surface area contributed by atoms with Gasteiger partial charge in [0.05, 0.1) is 18.4 Å². The Balaban J connectivity index is 2.39. The van der Waals surface area contributed by atoms with Crippen LogP contribution < -0.4 is 4.74 Å².